The summed E-state index contributed by atoms with van der Waals surface area (Å²) < 4.78 is 3.49. The SMILES string of the molecule is CN(Cn1cncn1)Cn1cncn1. The first-order chi connectivity index (χ1) is 6.84. The van der Waals surface area contributed by atoms with Crippen LogP contribution in [0, 0.1) is 0 Å². The van der Waals surface area contributed by atoms with Crippen molar-refractivity contribution in [2.45, 2.75) is 13.3 Å². The summed E-state index contributed by atoms with van der Waals surface area (Å²) in [7, 11) is 1.98. The summed E-state index contributed by atoms with van der Waals surface area (Å²) in [5.74, 6) is 0. The second-order valence-corrected chi connectivity index (χ2v) is 3.01. The van der Waals surface area contributed by atoms with Crippen molar-refractivity contribution in [3.05, 3.63) is 25.3 Å². The zero-order chi connectivity index (χ0) is 9.80. The van der Waals surface area contributed by atoms with Gasteiger partial charge in [0.2, 0.25) is 0 Å². The van der Waals surface area contributed by atoms with Gasteiger partial charge in [0.05, 0.1) is 13.3 Å². The highest BCUT2D eigenvalue weighted by molar-refractivity contribution is 4.57. The number of hydrogen-bond donors (Lipinski definition) is 0. The standard InChI is InChI=1S/C7H11N7/c1-12(6-13-4-8-2-10-13)7-14-5-9-3-11-14/h2-5H,6-7H2,1H3. The Bertz CT molecular complexity index is 315. The van der Waals surface area contributed by atoms with Gasteiger partial charge in [-0.2, -0.15) is 10.2 Å². The first kappa shape index (κ1) is 8.82. The summed E-state index contributed by atoms with van der Waals surface area (Å²) in [6, 6.07) is 0. The topological polar surface area (TPSA) is 64.7 Å². The van der Waals surface area contributed by atoms with E-state index in [9.17, 15) is 0 Å². The molecule has 0 saturated carbocycles. The summed E-state index contributed by atoms with van der Waals surface area (Å²) in [4.78, 5) is 9.77. The van der Waals surface area contributed by atoms with E-state index in [2.05, 4.69) is 20.2 Å². The van der Waals surface area contributed by atoms with E-state index < -0.39 is 0 Å². The zero-order valence-corrected chi connectivity index (χ0v) is 7.85. The van der Waals surface area contributed by atoms with Crippen molar-refractivity contribution < 1.29 is 0 Å². The second kappa shape index (κ2) is 3.97. The van der Waals surface area contributed by atoms with E-state index in [0.29, 0.717) is 13.3 Å². The van der Waals surface area contributed by atoms with Crippen LogP contribution in [0.15, 0.2) is 25.3 Å². The summed E-state index contributed by atoms with van der Waals surface area (Å²) in [6.07, 6.45) is 6.39. The lowest BCUT2D eigenvalue weighted by Crippen LogP contribution is -2.25. The van der Waals surface area contributed by atoms with Gasteiger partial charge in [0.15, 0.2) is 0 Å². The minimum atomic E-state index is 0.680. The molecule has 0 fully saturated rings. The predicted octanol–water partition coefficient (Wildman–Crippen LogP) is -0.583. The Morgan fingerprint density at radius 2 is 1.50 bits per heavy atom. The summed E-state index contributed by atoms with van der Waals surface area (Å²) in [5, 5.41) is 8.01. The molecule has 74 valence electrons. The smallest absolute Gasteiger partial charge is 0.137 e. The van der Waals surface area contributed by atoms with Gasteiger partial charge in [-0.1, -0.05) is 0 Å². The molecule has 0 N–H and O–H groups in total. The molecule has 0 saturated heterocycles. The highest BCUT2D eigenvalue weighted by Gasteiger charge is 2.00. The average molecular weight is 193 g/mol. The van der Waals surface area contributed by atoms with Crippen LogP contribution in [0.1, 0.15) is 0 Å². The van der Waals surface area contributed by atoms with Crippen LogP contribution in [0.25, 0.3) is 0 Å². The predicted molar refractivity (Wildman–Crippen MR) is 47.8 cm³/mol. The molecule has 0 amide bonds. The zero-order valence-electron chi connectivity index (χ0n) is 7.85. The van der Waals surface area contributed by atoms with Crippen LogP contribution in [0.2, 0.25) is 0 Å². The monoisotopic (exact) mass is 193 g/mol. The van der Waals surface area contributed by atoms with Crippen molar-refractivity contribution in [2.24, 2.45) is 0 Å². The molecule has 0 aliphatic heterocycles. The Labute approximate surface area is 81.0 Å². The van der Waals surface area contributed by atoms with Crippen LogP contribution in [0.5, 0.6) is 0 Å². The van der Waals surface area contributed by atoms with Crippen LogP contribution >= 0.6 is 0 Å². The summed E-state index contributed by atoms with van der Waals surface area (Å²) in [6.45, 7) is 1.36. The van der Waals surface area contributed by atoms with Crippen LogP contribution in [-0.2, 0) is 13.3 Å². The molecular formula is C7H11N7. The van der Waals surface area contributed by atoms with Crippen molar-refractivity contribution in [1.29, 1.82) is 0 Å². The molecule has 7 heteroatoms. The van der Waals surface area contributed by atoms with Gasteiger partial charge in [0, 0.05) is 0 Å². The van der Waals surface area contributed by atoms with Gasteiger partial charge in [0.1, 0.15) is 25.3 Å². The Kier molecular flexibility index (Phi) is 2.50. The minimum Gasteiger partial charge on any atom is -0.268 e. The average Bonchev–Trinajstić information content (AvgIpc) is 2.76. The number of hydrogen-bond acceptors (Lipinski definition) is 5. The van der Waals surface area contributed by atoms with Gasteiger partial charge in [-0.3, -0.25) is 4.90 Å². The maximum absolute atomic E-state index is 4.00. The maximum atomic E-state index is 4.00. The highest BCUT2D eigenvalue weighted by atomic mass is 15.4. The van der Waals surface area contributed by atoms with Crippen LogP contribution in [-0.4, -0.2) is 41.5 Å². The van der Waals surface area contributed by atoms with E-state index in [1.54, 1.807) is 22.0 Å². The van der Waals surface area contributed by atoms with Gasteiger partial charge < -0.3 is 0 Å². The molecule has 2 aromatic heterocycles. The lowest BCUT2D eigenvalue weighted by atomic mass is 10.8. The van der Waals surface area contributed by atoms with Gasteiger partial charge in [-0.05, 0) is 7.05 Å². The third-order valence-corrected chi connectivity index (χ3v) is 1.71. The Hall–Kier alpha value is -1.76. The lowest BCUT2D eigenvalue weighted by Gasteiger charge is -2.15. The molecule has 2 aromatic rings. The van der Waals surface area contributed by atoms with Crippen molar-refractivity contribution in [2.75, 3.05) is 7.05 Å². The van der Waals surface area contributed by atoms with Gasteiger partial charge in [-0.15, -0.1) is 0 Å². The molecule has 0 aliphatic rings. The fourth-order valence-corrected chi connectivity index (χ4v) is 1.15. The normalized spacial score (nSPS) is 11.0. The van der Waals surface area contributed by atoms with Gasteiger partial charge in [-0.25, -0.2) is 19.3 Å². The molecule has 2 heterocycles. The third-order valence-electron chi connectivity index (χ3n) is 1.71. The van der Waals surface area contributed by atoms with E-state index >= 15 is 0 Å². The molecule has 0 aromatic carbocycles. The van der Waals surface area contributed by atoms with Crippen molar-refractivity contribution in [3.8, 4) is 0 Å². The van der Waals surface area contributed by atoms with Crippen LogP contribution in [0.3, 0.4) is 0 Å². The Morgan fingerprint density at radius 3 is 1.86 bits per heavy atom. The summed E-state index contributed by atoms with van der Waals surface area (Å²) in [5.41, 5.74) is 0. The maximum Gasteiger partial charge on any atom is 0.137 e. The lowest BCUT2D eigenvalue weighted by molar-refractivity contribution is 0.193. The molecule has 0 aliphatic carbocycles. The number of aromatic nitrogens is 6. The van der Waals surface area contributed by atoms with E-state index in [1.165, 1.54) is 12.7 Å². The first-order valence-electron chi connectivity index (χ1n) is 4.18. The third kappa shape index (κ3) is 2.13. The molecule has 0 unspecified atom stereocenters. The Morgan fingerprint density at radius 1 is 1.00 bits per heavy atom. The minimum absolute atomic E-state index is 0.680. The van der Waals surface area contributed by atoms with E-state index in [4.69, 9.17) is 0 Å². The fourth-order valence-electron chi connectivity index (χ4n) is 1.15. The van der Waals surface area contributed by atoms with Crippen molar-refractivity contribution >= 4 is 0 Å². The molecule has 7 nitrogen and oxygen atoms in total. The fraction of sp³-hybridized carbons (Fsp3) is 0.429. The molecule has 14 heavy (non-hydrogen) atoms. The quantitative estimate of drug-likeness (QED) is 0.649. The number of nitrogens with zero attached hydrogens (tertiary/aromatic N) is 7. The molecule has 2 rings (SSSR count). The van der Waals surface area contributed by atoms with Crippen LogP contribution in [0.4, 0.5) is 0 Å². The first-order valence-corrected chi connectivity index (χ1v) is 4.18. The van der Waals surface area contributed by atoms with E-state index in [1.807, 2.05) is 11.9 Å². The van der Waals surface area contributed by atoms with Gasteiger partial charge in [0.25, 0.3) is 0 Å². The molecule has 0 spiro atoms. The van der Waals surface area contributed by atoms with Gasteiger partial charge >= 0.3 is 0 Å². The molecule has 0 atom stereocenters. The van der Waals surface area contributed by atoms with Crippen LogP contribution < -0.4 is 0 Å². The number of rotatable bonds is 4. The second-order valence-electron chi connectivity index (χ2n) is 3.01. The van der Waals surface area contributed by atoms with E-state index in [0.717, 1.165) is 0 Å². The van der Waals surface area contributed by atoms with Crippen molar-refractivity contribution in [1.82, 2.24) is 34.4 Å². The molecular weight excluding hydrogens is 182 g/mol. The molecule has 0 radical (unpaired) electrons. The summed E-state index contributed by atoms with van der Waals surface area (Å²) >= 11 is 0. The Balaban J connectivity index is 1.88. The highest BCUT2D eigenvalue weighted by Crippen LogP contribution is 1.91. The van der Waals surface area contributed by atoms with Crippen molar-refractivity contribution in [3.63, 3.8) is 0 Å². The van der Waals surface area contributed by atoms with E-state index in [-0.39, 0.29) is 0 Å². The molecule has 0 bridgehead atoms. The largest absolute Gasteiger partial charge is 0.268 e.